The van der Waals surface area contributed by atoms with Gasteiger partial charge in [0.05, 0.1) is 25.4 Å². The summed E-state index contributed by atoms with van der Waals surface area (Å²) in [6, 6.07) is 3.33. The van der Waals surface area contributed by atoms with E-state index in [1.807, 2.05) is 13.8 Å². The fraction of sp³-hybridized carbons (Fsp3) is 0.571. The number of ether oxygens (including phenoxy) is 1. The zero-order valence-corrected chi connectivity index (χ0v) is 12.4. The molecule has 2 unspecified atom stereocenters. The number of aliphatic hydroxyl groups excluding tert-OH is 1. The first kappa shape index (κ1) is 15.2. The largest absolute Gasteiger partial charge is 0.394 e. The Balaban J connectivity index is 2.23. The number of aryl methyl sites for hydroxylation is 1. The molecule has 2 heterocycles. The van der Waals surface area contributed by atoms with Gasteiger partial charge in [-0.2, -0.15) is 0 Å². The summed E-state index contributed by atoms with van der Waals surface area (Å²) in [5, 5.41) is 9.51. The number of nitrogens with zero attached hydrogens (tertiary/aromatic N) is 2. The van der Waals surface area contributed by atoms with Gasteiger partial charge in [0.2, 0.25) is 0 Å². The van der Waals surface area contributed by atoms with Gasteiger partial charge < -0.3 is 14.7 Å². The first-order valence-corrected chi connectivity index (χ1v) is 7.12. The van der Waals surface area contributed by atoms with Gasteiger partial charge in [0.1, 0.15) is 5.15 Å². The zero-order valence-electron chi connectivity index (χ0n) is 11.7. The Kier molecular flexibility index (Phi) is 4.96. The van der Waals surface area contributed by atoms with Gasteiger partial charge in [0.25, 0.3) is 5.91 Å². The molecule has 1 aliphatic heterocycles. The smallest absolute Gasteiger partial charge is 0.254 e. The maximum Gasteiger partial charge on any atom is 0.254 e. The van der Waals surface area contributed by atoms with Crippen molar-refractivity contribution in [2.75, 3.05) is 19.8 Å². The van der Waals surface area contributed by atoms with E-state index in [4.69, 9.17) is 16.3 Å². The normalized spacial score (nSPS) is 22.9. The van der Waals surface area contributed by atoms with Gasteiger partial charge in [-0.25, -0.2) is 4.98 Å². The van der Waals surface area contributed by atoms with Gasteiger partial charge in [0.15, 0.2) is 0 Å². The number of hydrogen-bond donors (Lipinski definition) is 1. The molecule has 0 saturated carbocycles. The number of morpholine rings is 1. The Hall–Kier alpha value is -1.17. The molecule has 2 atom stereocenters. The summed E-state index contributed by atoms with van der Waals surface area (Å²) in [5.41, 5.74) is 1.33. The molecule has 1 amide bonds. The lowest BCUT2D eigenvalue weighted by Gasteiger charge is -2.37. The molecule has 1 aliphatic rings. The van der Waals surface area contributed by atoms with Crippen LogP contribution in [0.25, 0.3) is 0 Å². The van der Waals surface area contributed by atoms with Crippen molar-refractivity contribution in [1.82, 2.24) is 9.88 Å². The average molecular weight is 299 g/mol. The number of carbonyl (C=O) groups excluding carboxylic acids is 1. The molecule has 0 bridgehead atoms. The van der Waals surface area contributed by atoms with Gasteiger partial charge in [-0.3, -0.25) is 4.79 Å². The van der Waals surface area contributed by atoms with E-state index >= 15 is 0 Å². The quantitative estimate of drug-likeness (QED) is 0.860. The van der Waals surface area contributed by atoms with E-state index in [2.05, 4.69) is 4.98 Å². The minimum Gasteiger partial charge on any atom is -0.394 e. The van der Waals surface area contributed by atoms with Gasteiger partial charge in [0, 0.05) is 17.8 Å². The predicted octanol–water partition coefficient (Wildman–Crippen LogP) is 1.52. The molecule has 110 valence electrons. The van der Waals surface area contributed by atoms with Gasteiger partial charge >= 0.3 is 0 Å². The van der Waals surface area contributed by atoms with E-state index in [0.29, 0.717) is 23.9 Å². The van der Waals surface area contributed by atoms with Crippen LogP contribution in [0.15, 0.2) is 12.1 Å². The highest BCUT2D eigenvalue weighted by atomic mass is 35.5. The highest BCUT2D eigenvalue weighted by molar-refractivity contribution is 6.29. The summed E-state index contributed by atoms with van der Waals surface area (Å²) in [5.74, 6) is -0.0988. The van der Waals surface area contributed by atoms with Crippen LogP contribution in [-0.2, 0) is 11.2 Å². The molecular formula is C14H19ClN2O3. The van der Waals surface area contributed by atoms with Crippen LogP contribution in [-0.4, -0.2) is 52.8 Å². The second-order valence-electron chi connectivity index (χ2n) is 4.97. The molecule has 0 radical (unpaired) electrons. The van der Waals surface area contributed by atoms with Crippen LogP contribution in [0.4, 0.5) is 0 Å². The van der Waals surface area contributed by atoms with Gasteiger partial charge in [-0.05, 0) is 25.5 Å². The number of pyridine rings is 1. The van der Waals surface area contributed by atoms with Crippen molar-refractivity contribution in [2.24, 2.45) is 0 Å². The minimum absolute atomic E-state index is 0.0256. The topological polar surface area (TPSA) is 62.7 Å². The van der Waals surface area contributed by atoms with Gasteiger partial charge in [-0.15, -0.1) is 0 Å². The number of aromatic nitrogens is 1. The highest BCUT2D eigenvalue weighted by Crippen LogP contribution is 2.18. The molecule has 6 heteroatoms. The summed E-state index contributed by atoms with van der Waals surface area (Å²) in [6.07, 6.45) is 0.400. The van der Waals surface area contributed by atoms with Crippen LogP contribution in [0.2, 0.25) is 5.15 Å². The summed E-state index contributed by atoms with van der Waals surface area (Å²) in [7, 11) is 0. The van der Waals surface area contributed by atoms with Crippen LogP contribution in [0.3, 0.4) is 0 Å². The van der Waals surface area contributed by atoms with E-state index < -0.39 is 0 Å². The molecule has 1 N–H and O–H groups in total. The summed E-state index contributed by atoms with van der Waals surface area (Å²) >= 11 is 5.96. The number of hydrogen-bond acceptors (Lipinski definition) is 4. The Morgan fingerprint density at radius 2 is 2.35 bits per heavy atom. The van der Waals surface area contributed by atoms with Crippen LogP contribution in [0.5, 0.6) is 0 Å². The Bertz CT molecular complexity index is 495. The number of amides is 1. The number of halogens is 1. The Morgan fingerprint density at radius 3 is 3.00 bits per heavy atom. The van der Waals surface area contributed by atoms with E-state index in [-0.39, 0.29) is 24.7 Å². The van der Waals surface area contributed by atoms with Crippen LogP contribution < -0.4 is 0 Å². The predicted molar refractivity (Wildman–Crippen MR) is 75.9 cm³/mol. The molecule has 2 rings (SSSR count). The molecule has 0 spiro atoms. The lowest BCUT2D eigenvalue weighted by molar-refractivity contribution is -0.0667. The monoisotopic (exact) mass is 298 g/mol. The highest BCUT2D eigenvalue weighted by Gasteiger charge is 2.30. The molecular weight excluding hydrogens is 280 g/mol. The number of rotatable bonds is 3. The maximum absolute atomic E-state index is 12.6. The fourth-order valence-corrected chi connectivity index (χ4v) is 2.46. The molecule has 1 aromatic heterocycles. The second kappa shape index (κ2) is 6.52. The second-order valence-corrected chi connectivity index (χ2v) is 5.36. The summed E-state index contributed by atoms with van der Waals surface area (Å²) in [6.45, 7) is 4.61. The third-order valence-electron chi connectivity index (χ3n) is 3.43. The van der Waals surface area contributed by atoms with Crippen molar-refractivity contribution in [1.29, 1.82) is 0 Å². The van der Waals surface area contributed by atoms with E-state index in [9.17, 15) is 9.90 Å². The molecule has 1 saturated heterocycles. The van der Waals surface area contributed by atoms with Crippen LogP contribution >= 0.6 is 11.6 Å². The number of carbonyl (C=O) groups is 1. The average Bonchev–Trinajstić information content (AvgIpc) is 2.46. The Morgan fingerprint density at radius 1 is 1.60 bits per heavy atom. The van der Waals surface area contributed by atoms with Crippen molar-refractivity contribution in [2.45, 2.75) is 32.4 Å². The van der Waals surface area contributed by atoms with Crippen molar-refractivity contribution >= 4 is 17.5 Å². The summed E-state index contributed by atoms with van der Waals surface area (Å²) in [4.78, 5) is 18.5. The molecule has 0 aliphatic carbocycles. The first-order chi connectivity index (χ1) is 9.55. The van der Waals surface area contributed by atoms with Gasteiger partial charge in [-0.1, -0.05) is 18.5 Å². The fourth-order valence-electron chi connectivity index (χ4n) is 2.23. The number of aliphatic hydroxyl groups is 1. The standard InChI is InChI=1S/C14H19ClN2O3/c1-3-11-4-10(5-13(15)16-11)14(19)17-6-12(7-18)20-8-9(17)2/h4-5,9,12,18H,3,6-8H2,1-2H3. The zero-order chi connectivity index (χ0) is 14.7. The van der Waals surface area contributed by atoms with Crippen LogP contribution in [0, 0.1) is 0 Å². The third kappa shape index (κ3) is 3.29. The van der Waals surface area contributed by atoms with Crippen molar-refractivity contribution in [3.05, 3.63) is 28.5 Å². The molecule has 1 fully saturated rings. The third-order valence-corrected chi connectivity index (χ3v) is 3.62. The molecule has 5 nitrogen and oxygen atoms in total. The first-order valence-electron chi connectivity index (χ1n) is 6.75. The van der Waals surface area contributed by atoms with E-state index in [1.54, 1.807) is 17.0 Å². The lowest BCUT2D eigenvalue weighted by atomic mass is 10.1. The van der Waals surface area contributed by atoms with E-state index in [0.717, 1.165) is 12.1 Å². The van der Waals surface area contributed by atoms with Crippen molar-refractivity contribution in [3.8, 4) is 0 Å². The van der Waals surface area contributed by atoms with Crippen molar-refractivity contribution in [3.63, 3.8) is 0 Å². The van der Waals surface area contributed by atoms with Crippen LogP contribution in [0.1, 0.15) is 29.9 Å². The SMILES string of the molecule is CCc1cc(C(=O)N2CC(CO)OCC2C)cc(Cl)n1. The minimum atomic E-state index is -0.321. The summed E-state index contributed by atoms with van der Waals surface area (Å²) < 4.78 is 5.44. The maximum atomic E-state index is 12.6. The van der Waals surface area contributed by atoms with Crippen molar-refractivity contribution < 1.29 is 14.6 Å². The Labute approximate surface area is 123 Å². The van der Waals surface area contributed by atoms with E-state index in [1.165, 1.54) is 0 Å². The lowest BCUT2D eigenvalue weighted by Crippen LogP contribution is -2.52. The molecule has 20 heavy (non-hydrogen) atoms. The molecule has 1 aromatic rings. The molecule has 0 aromatic carbocycles.